The molecule has 0 N–H and O–H groups in total. The van der Waals surface area contributed by atoms with E-state index in [4.69, 9.17) is 16.9 Å². The van der Waals surface area contributed by atoms with Gasteiger partial charge < -0.3 is 0 Å². The Kier molecular flexibility index (Phi) is 5.26. The van der Waals surface area contributed by atoms with Gasteiger partial charge in [0.2, 0.25) is 10.0 Å². The van der Waals surface area contributed by atoms with Crippen LogP contribution in [0.4, 0.5) is 0 Å². The fourth-order valence-electron chi connectivity index (χ4n) is 2.68. The molecule has 1 heterocycles. The standard InChI is InChI=1S/C15H19ClN2O2S/c1-2-12-4-3-8-18(9-7-12)21(19,20)14-6-5-13(11-17)15(16)10-14/h5-6,10,12H,2-4,7-9H2,1H3. The largest absolute Gasteiger partial charge is 0.243 e. The number of hydrogen-bond donors (Lipinski definition) is 0. The molecule has 1 saturated heterocycles. The van der Waals surface area contributed by atoms with Gasteiger partial charge in [0.05, 0.1) is 15.5 Å². The van der Waals surface area contributed by atoms with Gasteiger partial charge in [-0.2, -0.15) is 9.57 Å². The van der Waals surface area contributed by atoms with Crippen LogP contribution in [-0.2, 0) is 10.0 Å². The molecule has 1 aliphatic rings. The molecule has 114 valence electrons. The summed E-state index contributed by atoms with van der Waals surface area (Å²) in [6.07, 6.45) is 3.97. The number of hydrogen-bond acceptors (Lipinski definition) is 3. The molecule has 0 spiro atoms. The third kappa shape index (κ3) is 3.57. The second kappa shape index (κ2) is 6.78. The Morgan fingerprint density at radius 3 is 2.76 bits per heavy atom. The van der Waals surface area contributed by atoms with Crippen LogP contribution in [0.1, 0.15) is 38.2 Å². The summed E-state index contributed by atoms with van der Waals surface area (Å²) in [6.45, 7) is 3.25. The van der Waals surface area contributed by atoms with Crippen molar-refractivity contribution in [1.82, 2.24) is 4.31 Å². The Hall–Kier alpha value is -1.09. The van der Waals surface area contributed by atoms with Crippen molar-refractivity contribution in [2.75, 3.05) is 13.1 Å². The molecule has 2 rings (SSSR count). The van der Waals surface area contributed by atoms with Crippen molar-refractivity contribution < 1.29 is 8.42 Å². The number of halogens is 1. The van der Waals surface area contributed by atoms with Gasteiger partial charge in [-0.3, -0.25) is 0 Å². The Balaban J connectivity index is 2.25. The quantitative estimate of drug-likeness (QED) is 0.855. The molecular formula is C15H19ClN2O2S. The first kappa shape index (κ1) is 16.3. The van der Waals surface area contributed by atoms with Crippen LogP contribution >= 0.6 is 11.6 Å². The Bertz CT molecular complexity index is 652. The average molecular weight is 327 g/mol. The maximum absolute atomic E-state index is 12.7. The van der Waals surface area contributed by atoms with Crippen LogP contribution < -0.4 is 0 Å². The number of nitriles is 1. The smallest absolute Gasteiger partial charge is 0.207 e. The number of nitrogens with zero attached hydrogens (tertiary/aromatic N) is 2. The molecule has 6 heteroatoms. The summed E-state index contributed by atoms with van der Waals surface area (Å²) in [5.74, 6) is 0.606. The topological polar surface area (TPSA) is 61.2 Å². The molecule has 0 radical (unpaired) electrons. The average Bonchev–Trinajstić information content (AvgIpc) is 2.72. The highest BCUT2D eigenvalue weighted by atomic mass is 35.5. The van der Waals surface area contributed by atoms with Crippen LogP contribution in [0.5, 0.6) is 0 Å². The minimum Gasteiger partial charge on any atom is -0.207 e. The molecule has 1 fully saturated rings. The van der Waals surface area contributed by atoms with Crippen LogP contribution in [0.3, 0.4) is 0 Å². The number of benzene rings is 1. The Morgan fingerprint density at radius 1 is 1.38 bits per heavy atom. The summed E-state index contributed by atoms with van der Waals surface area (Å²) in [6, 6.07) is 6.23. The minimum atomic E-state index is -3.53. The molecule has 21 heavy (non-hydrogen) atoms. The first-order valence-corrected chi connectivity index (χ1v) is 9.00. The van der Waals surface area contributed by atoms with Gasteiger partial charge in [0.15, 0.2) is 0 Å². The van der Waals surface area contributed by atoms with Crippen LogP contribution in [0.2, 0.25) is 5.02 Å². The lowest BCUT2D eigenvalue weighted by molar-refractivity contribution is 0.407. The van der Waals surface area contributed by atoms with E-state index in [0.717, 1.165) is 25.7 Å². The third-order valence-electron chi connectivity index (χ3n) is 4.08. The van der Waals surface area contributed by atoms with Crippen molar-refractivity contribution in [2.45, 2.75) is 37.5 Å². The van der Waals surface area contributed by atoms with Crippen molar-refractivity contribution in [3.8, 4) is 6.07 Å². The first-order valence-electron chi connectivity index (χ1n) is 7.18. The van der Waals surface area contributed by atoms with E-state index in [9.17, 15) is 8.42 Å². The van der Waals surface area contributed by atoms with E-state index in [-0.39, 0.29) is 15.5 Å². The van der Waals surface area contributed by atoms with E-state index in [1.165, 1.54) is 18.2 Å². The second-order valence-corrected chi connectivity index (χ2v) is 7.71. The lowest BCUT2D eigenvalue weighted by Gasteiger charge is -2.20. The summed E-state index contributed by atoms with van der Waals surface area (Å²) in [5, 5.41) is 9.04. The second-order valence-electron chi connectivity index (χ2n) is 5.36. The fraction of sp³-hybridized carbons (Fsp3) is 0.533. The lowest BCUT2D eigenvalue weighted by Crippen LogP contribution is -2.32. The van der Waals surface area contributed by atoms with Gasteiger partial charge in [0.25, 0.3) is 0 Å². The van der Waals surface area contributed by atoms with Crippen molar-refractivity contribution in [2.24, 2.45) is 5.92 Å². The maximum atomic E-state index is 12.7. The number of rotatable bonds is 3. The molecule has 0 aliphatic carbocycles. The van der Waals surface area contributed by atoms with E-state index in [0.29, 0.717) is 19.0 Å². The molecule has 0 saturated carbocycles. The van der Waals surface area contributed by atoms with E-state index in [1.807, 2.05) is 6.07 Å². The van der Waals surface area contributed by atoms with Crippen molar-refractivity contribution in [3.05, 3.63) is 28.8 Å². The first-order chi connectivity index (χ1) is 9.98. The van der Waals surface area contributed by atoms with Crippen molar-refractivity contribution in [1.29, 1.82) is 5.26 Å². The molecular weight excluding hydrogens is 308 g/mol. The molecule has 1 aliphatic heterocycles. The van der Waals surface area contributed by atoms with E-state index in [1.54, 1.807) is 4.31 Å². The fourth-order valence-corrected chi connectivity index (χ4v) is 4.49. The zero-order valence-corrected chi connectivity index (χ0v) is 13.6. The highest BCUT2D eigenvalue weighted by Gasteiger charge is 2.27. The molecule has 1 aromatic rings. The van der Waals surface area contributed by atoms with Crippen molar-refractivity contribution >= 4 is 21.6 Å². The molecule has 0 aromatic heterocycles. The summed E-state index contributed by atoms with van der Waals surface area (Å²) in [5.41, 5.74) is 0.289. The van der Waals surface area contributed by atoms with Gasteiger partial charge >= 0.3 is 0 Å². The molecule has 1 unspecified atom stereocenters. The third-order valence-corrected chi connectivity index (χ3v) is 6.29. The van der Waals surface area contributed by atoms with Gasteiger partial charge in [-0.1, -0.05) is 24.9 Å². The maximum Gasteiger partial charge on any atom is 0.243 e. The Morgan fingerprint density at radius 2 is 2.14 bits per heavy atom. The van der Waals surface area contributed by atoms with Gasteiger partial charge in [-0.05, 0) is 43.4 Å². The molecule has 0 amide bonds. The molecule has 0 bridgehead atoms. The summed E-state index contributed by atoms with van der Waals surface area (Å²) in [7, 11) is -3.53. The highest BCUT2D eigenvalue weighted by Crippen LogP contribution is 2.27. The number of sulfonamides is 1. The highest BCUT2D eigenvalue weighted by molar-refractivity contribution is 7.89. The lowest BCUT2D eigenvalue weighted by atomic mass is 9.98. The Labute approximate surface area is 131 Å². The zero-order chi connectivity index (χ0) is 15.5. The van der Waals surface area contributed by atoms with Gasteiger partial charge in [-0.15, -0.1) is 0 Å². The van der Waals surface area contributed by atoms with Crippen LogP contribution in [0.15, 0.2) is 23.1 Å². The predicted molar refractivity (Wildman–Crippen MR) is 82.6 cm³/mol. The van der Waals surface area contributed by atoms with Crippen LogP contribution in [-0.4, -0.2) is 25.8 Å². The normalized spacial score (nSPS) is 20.7. The SMILES string of the molecule is CCC1CCCN(S(=O)(=O)c2ccc(C#N)c(Cl)c2)CC1. The van der Waals surface area contributed by atoms with E-state index < -0.39 is 10.0 Å². The predicted octanol–water partition coefficient (Wildman–Crippen LogP) is 3.41. The minimum absolute atomic E-state index is 0.168. The summed E-state index contributed by atoms with van der Waals surface area (Å²) < 4.78 is 26.9. The summed E-state index contributed by atoms with van der Waals surface area (Å²) >= 11 is 5.95. The van der Waals surface area contributed by atoms with Gasteiger partial charge in [0.1, 0.15) is 6.07 Å². The van der Waals surface area contributed by atoms with E-state index >= 15 is 0 Å². The van der Waals surface area contributed by atoms with E-state index in [2.05, 4.69) is 6.92 Å². The monoisotopic (exact) mass is 326 g/mol. The molecule has 1 atom stereocenters. The van der Waals surface area contributed by atoms with Gasteiger partial charge in [-0.25, -0.2) is 8.42 Å². The molecule has 4 nitrogen and oxygen atoms in total. The van der Waals surface area contributed by atoms with Crippen molar-refractivity contribution in [3.63, 3.8) is 0 Å². The van der Waals surface area contributed by atoms with Crippen LogP contribution in [0, 0.1) is 17.2 Å². The van der Waals surface area contributed by atoms with Gasteiger partial charge in [0, 0.05) is 13.1 Å². The molecule has 1 aromatic carbocycles. The van der Waals surface area contributed by atoms with Crippen LogP contribution in [0.25, 0.3) is 0 Å². The zero-order valence-electron chi connectivity index (χ0n) is 12.0. The summed E-state index contributed by atoms with van der Waals surface area (Å²) in [4.78, 5) is 0.168.